The fourth-order valence-electron chi connectivity index (χ4n) is 4.27. The van der Waals surface area contributed by atoms with Gasteiger partial charge in [0.05, 0.1) is 12.7 Å². The number of hydrogen-bond donors (Lipinski definition) is 0. The van der Waals surface area contributed by atoms with E-state index in [1.165, 1.54) is 12.0 Å². The van der Waals surface area contributed by atoms with E-state index in [0.29, 0.717) is 34.4 Å². The number of benzene rings is 3. The van der Waals surface area contributed by atoms with Crippen LogP contribution >= 0.6 is 0 Å². The quantitative estimate of drug-likeness (QED) is 0.277. The summed E-state index contributed by atoms with van der Waals surface area (Å²) in [5, 5.41) is 1.53. The highest BCUT2D eigenvalue weighted by Crippen LogP contribution is 2.37. The Morgan fingerprint density at radius 2 is 1.65 bits per heavy atom. The van der Waals surface area contributed by atoms with Crippen molar-refractivity contribution in [1.82, 2.24) is 4.90 Å². The van der Waals surface area contributed by atoms with E-state index in [1.54, 1.807) is 24.3 Å². The number of ether oxygens (including phenoxy) is 1. The van der Waals surface area contributed by atoms with Gasteiger partial charge in [0, 0.05) is 23.1 Å². The molecule has 0 fully saturated rings. The molecule has 1 aliphatic heterocycles. The average Bonchev–Trinajstić information content (AvgIpc) is 2.81. The maximum atomic E-state index is 13.2. The van der Waals surface area contributed by atoms with E-state index in [1.807, 2.05) is 24.3 Å². The molecular formula is C26H25NO4. The van der Waals surface area contributed by atoms with Gasteiger partial charge in [0.2, 0.25) is 0 Å². The summed E-state index contributed by atoms with van der Waals surface area (Å²) in [6.07, 6.45) is 4.77. The zero-order valence-corrected chi connectivity index (χ0v) is 17.8. The molecule has 3 aromatic carbocycles. The molecule has 1 heterocycles. The lowest BCUT2D eigenvalue weighted by atomic mass is 9.88. The van der Waals surface area contributed by atoms with Crippen LogP contribution in [0, 0.1) is 0 Å². The van der Waals surface area contributed by atoms with Gasteiger partial charge in [0.15, 0.2) is 6.29 Å². The van der Waals surface area contributed by atoms with Gasteiger partial charge in [-0.15, -0.1) is 0 Å². The minimum absolute atomic E-state index is 0.231. The third kappa shape index (κ3) is 3.61. The van der Waals surface area contributed by atoms with Crippen LogP contribution in [0.2, 0.25) is 0 Å². The number of carbonyl (C=O) groups is 3. The summed E-state index contributed by atoms with van der Waals surface area (Å²) in [4.78, 5) is 38.9. The largest absolute Gasteiger partial charge is 0.496 e. The number of rotatable bonds is 8. The van der Waals surface area contributed by atoms with Crippen LogP contribution in [0.1, 0.15) is 63.7 Å². The van der Waals surface area contributed by atoms with Crippen LogP contribution in [0.15, 0.2) is 48.5 Å². The Morgan fingerprint density at radius 1 is 0.903 bits per heavy atom. The summed E-state index contributed by atoms with van der Waals surface area (Å²) in [6.45, 7) is 2.58. The van der Waals surface area contributed by atoms with E-state index >= 15 is 0 Å². The van der Waals surface area contributed by atoms with Gasteiger partial charge in [-0.2, -0.15) is 0 Å². The molecule has 0 spiro atoms. The zero-order chi connectivity index (χ0) is 22.0. The highest BCUT2D eigenvalue weighted by Gasteiger charge is 2.32. The standard InChI is InChI=1S/C26H25NO4/c1-3-4-5-6-14-27-25(29)21-9-7-8-20-19(12-13-22(24(20)21)26(27)30)17-10-11-18(16-28)23(15-17)31-2/h7-13,15-16H,3-6,14H2,1-2H3. The first-order chi connectivity index (χ1) is 15.1. The van der Waals surface area contributed by atoms with Gasteiger partial charge in [-0.05, 0) is 47.2 Å². The van der Waals surface area contributed by atoms with Gasteiger partial charge in [-0.3, -0.25) is 19.3 Å². The van der Waals surface area contributed by atoms with E-state index < -0.39 is 0 Å². The van der Waals surface area contributed by atoms with Crippen molar-refractivity contribution in [2.75, 3.05) is 13.7 Å². The lowest BCUT2D eigenvalue weighted by Crippen LogP contribution is -2.40. The van der Waals surface area contributed by atoms with E-state index in [0.717, 1.165) is 48.5 Å². The molecule has 158 valence electrons. The molecule has 0 aromatic heterocycles. The second-order valence-corrected chi connectivity index (χ2v) is 7.79. The number of aldehydes is 1. The van der Waals surface area contributed by atoms with Crippen LogP contribution in [0.4, 0.5) is 0 Å². The summed E-state index contributed by atoms with van der Waals surface area (Å²) < 4.78 is 5.35. The summed E-state index contributed by atoms with van der Waals surface area (Å²) in [6, 6.07) is 14.6. The smallest absolute Gasteiger partial charge is 0.261 e. The molecule has 4 rings (SSSR count). The van der Waals surface area contributed by atoms with Gasteiger partial charge < -0.3 is 4.74 Å². The molecule has 0 unspecified atom stereocenters. The Labute approximate surface area is 181 Å². The van der Waals surface area contributed by atoms with Gasteiger partial charge in [0.25, 0.3) is 11.8 Å². The molecule has 0 bridgehead atoms. The Bertz CT molecular complexity index is 1160. The number of nitrogens with zero attached hydrogens (tertiary/aromatic N) is 1. The first-order valence-corrected chi connectivity index (χ1v) is 10.7. The number of hydrogen-bond acceptors (Lipinski definition) is 4. The van der Waals surface area contributed by atoms with Crippen molar-refractivity contribution in [3.8, 4) is 16.9 Å². The summed E-state index contributed by atoms with van der Waals surface area (Å²) in [5.41, 5.74) is 3.32. The topological polar surface area (TPSA) is 63.7 Å². The predicted octanol–water partition coefficient (Wildman–Crippen LogP) is 5.50. The van der Waals surface area contributed by atoms with Gasteiger partial charge in [-0.25, -0.2) is 0 Å². The fourth-order valence-corrected chi connectivity index (χ4v) is 4.27. The molecule has 0 saturated carbocycles. The average molecular weight is 415 g/mol. The maximum Gasteiger partial charge on any atom is 0.261 e. The summed E-state index contributed by atoms with van der Waals surface area (Å²) in [7, 11) is 1.52. The fraction of sp³-hybridized carbons (Fsp3) is 0.269. The molecule has 3 aromatic rings. The van der Waals surface area contributed by atoms with Crippen molar-refractivity contribution in [3.05, 3.63) is 65.2 Å². The number of unbranched alkanes of at least 4 members (excludes halogenated alkanes) is 3. The van der Waals surface area contributed by atoms with Gasteiger partial charge in [0.1, 0.15) is 5.75 Å². The predicted molar refractivity (Wildman–Crippen MR) is 121 cm³/mol. The van der Waals surface area contributed by atoms with Crippen molar-refractivity contribution in [1.29, 1.82) is 0 Å². The number of amides is 2. The van der Waals surface area contributed by atoms with Crippen LogP contribution in [0.3, 0.4) is 0 Å². The molecule has 0 aliphatic carbocycles. The molecule has 0 N–H and O–H groups in total. The Kier molecular flexibility index (Phi) is 5.85. The second-order valence-electron chi connectivity index (χ2n) is 7.79. The minimum Gasteiger partial charge on any atom is -0.496 e. The highest BCUT2D eigenvalue weighted by molar-refractivity contribution is 6.26. The van der Waals surface area contributed by atoms with Crippen LogP contribution < -0.4 is 4.74 Å². The van der Waals surface area contributed by atoms with E-state index in [9.17, 15) is 14.4 Å². The Balaban J connectivity index is 1.80. The number of imide groups is 1. The molecule has 0 radical (unpaired) electrons. The van der Waals surface area contributed by atoms with Crippen molar-refractivity contribution < 1.29 is 19.1 Å². The van der Waals surface area contributed by atoms with Crippen LogP contribution in [-0.2, 0) is 0 Å². The monoisotopic (exact) mass is 415 g/mol. The second kappa shape index (κ2) is 8.72. The first-order valence-electron chi connectivity index (χ1n) is 10.7. The number of carbonyl (C=O) groups excluding carboxylic acids is 3. The van der Waals surface area contributed by atoms with Crippen molar-refractivity contribution >= 4 is 28.9 Å². The lowest BCUT2D eigenvalue weighted by molar-refractivity contribution is 0.0607. The third-order valence-electron chi connectivity index (χ3n) is 5.90. The van der Waals surface area contributed by atoms with E-state index in [4.69, 9.17) is 4.74 Å². The van der Waals surface area contributed by atoms with Gasteiger partial charge in [-0.1, -0.05) is 50.5 Å². The third-order valence-corrected chi connectivity index (χ3v) is 5.90. The van der Waals surface area contributed by atoms with Crippen molar-refractivity contribution in [2.24, 2.45) is 0 Å². The molecule has 31 heavy (non-hydrogen) atoms. The SMILES string of the molecule is CCCCCCN1C(=O)c2cccc3c(-c4ccc(C=O)c(OC)c4)ccc(c23)C1=O. The van der Waals surface area contributed by atoms with E-state index in [2.05, 4.69) is 6.92 Å². The highest BCUT2D eigenvalue weighted by atomic mass is 16.5. The number of methoxy groups -OCH3 is 1. The van der Waals surface area contributed by atoms with Crippen LogP contribution in [-0.4, -0.2) is 36.7 Å². The maximum absolute atomic E-state index is 13.2. The Hall–Kier alpha value is -3.47. The molecule has 1 aliphatic rings. The molecule has 0 atom stereocenters. The normalized spacial score (nSPS) is 13.0. The Morgan fingerprint density at radius 3 is 2.35 bits per heavy atom. The molecule has 2 amide bonds. The first kappa shape index (κ1) is 20.8. The van der Waals surface area contributed by atoms with Crippen molar-refractivity contribution in [2.45, 2.75) is 32.6 Å². The molecule has 5 heteroatoms. The summed E-state index contributed by atoms with van der Waals surface area (Å²) in [5.74, 6) is 0.0228. The minimum atomic E-state index is -0.231. The van der Waals surface area contributed by atoms with Crippen LogP contribution in [0.5, 0.6) is 5.75 Å². The van der Waals surface area contributed by atoms with E-state index in [-0.39, 0.29) is 11.8 Å². The molecule has 5 nitrogen and oxygen atoms in total. The van der Waals surface area contributed by atoms with Gasteiger partial charge >= 0.3 is 0 Å². The zero-order valence-electron chi connectivity index (χ0n) is 17.8. The summed E-state index contributed by atoms with van der Waals surface area (Å²) >= 11 is 0. The lowest BCUT2D eigenvalue weighted by Gasteiger charge is -2.28. The van der Waals surface area contributed by atoms with Crippen LogP contribution in [0.25, 0.3) is 21.9 Å². The molecule has 0 saturated heterocycles. The molecular weight excluding hydrogens is 390 g/mol. The van der Waals surface area contributed by atoms with Crippen molar-refractivity contribution in [3.63, 3.8) is 0 Å².